The Morgan fingerprint density at radius 3 is 2.00 bits per heavy atom. The number of nitrogens with zero attached hydrogens (tertiary/aromatic N) is 1. The molecule has 0 aromatic rings. The molecule has 0 bridgehead atoms. The maximum atomic E-state index is 11.6. The van der Waals surface area contributed by atoms with E-state index in [9.17, 15) is 15.1 Å². The van der Waals surface area contributed by atoms with Crippen LogP contribution < -0.4 is 0 Å². The smallest absolute Gasteiger partial charge is 0.408 e. The zero-order chi connectivity index (χ0) is 19.2. The Morgan fingerprint density at radius 2 is 1.50 bits per heavy atom. The van der Waals surface area contributed by atoms with Crippen LogP contribution in [-0.2, 0) is 14.4 Å². The van der Waals surface area contributed by atoms with E-state index >= 15 is 0 Å². The van der Waals surface area contributed by atoms with E-state index in [1.165, 1.54) is 57.8 Å². The molecule has 0 radical (unpaired) electrons. The van der Waals surface area contributed by atoms with Crippen LogP contribution in [0.4, 0.5) is 0 Å². The number of hydrogen-bond donors (Lipinski definition) is 1. The molecule has 0 aromatic heterocycles. The Morgan fingerprint density at radius 1 is 1.00 bits per heavy atom. The molecule has 1 rings (SSSR count). The third-order valence-electron chi connectivity index (χ3n) is 4.89. The van der Waals surface area contributed by atoms with E-state index in [-0.39, 0.29) is 17.2 Å². The lowest BCUT2D eigenvalue weighted by Gasteiger charge is -2.14. The molecular formula is C20H37NO5. The van der Waals surface area contributed by atoms with Gasteiger partial charge in [0.1, 0.15) is 6.10 Å². The van der Waals surface area contributed by atoms with Gasteiger partial charge in [0, 0.05) is 0 Å². The first kappa shape index (κ1) is 22.7. The molecule has 6 nitrogen and oxygen atoms in total. The standard InChI is InChI=1S/C20H37NO5/c1-3-5-6-7-8-9-10-11-12-13-14-15-16-17-19(22)18(21(24)26-17)20(23)25-4-2/h17,19,22H,3-16H2,1-2H3/t17-,19-/m0/s1. The summed E-state index contributed by atoms with van der Waals surface area (Å²) in [7, 11) is 0. The fourth-order valence-electron chi connectivity index (χ4n) is 3.32. The van der Waals surface area contributed by atoms with Crippen LogP contribution in [0.25, 0.3) is 0 Å². The van der Waals surface area contributed by atoms with Crippen LogP contribution in [-0.4, -0.2) is 40.5 Å². The van der Waals surface area contributed by atoms with Gasteiger partial charge in [-0.2, -0.15) is 0 Å². The number of hydrogen-bond acceptors (Lipinski definition) is 5. The Kier molecular flexibility index (Phi) is 12.1. The molecule has 0 saturated carbocycles. The van der Waals surface area contributed by atoms with Crippen molar-refractivity contribution in [3.8, 4) is 0 Å². The lowest BCUT2D eigenvalue weighted by atomic mass is 10.0. The average molecular weight is 372 g/mol. The van der Waals surface area contributed by atoms with E-state index in [1.807, 2.05) is 0 Å². The van der Waals surface area contributed by atoms with Crippen LogP contribution in [0.1, 0.15) is 97.3 Å². The van der Waals surface area contributed by atoms with Gasteiger partial charge in [0.2, 0.25) is 0 Å². The summed E-state index contributed by atoms with van der Waals surface area (Å²) in [6, 6.07) is 0. The van der Waals surface area contributed by atoms with Gasteiger partial charge in [-0.15, -0.1) is 0 Å². The summed E-state index contributed by atoms with van der Waals surface area (Å²) in [5.74, 6) is -0.799. The number of carbonyl (C=O) groups excluding carboxylic acids is 1. The number of aliphatic hydroxyl groups is 1. The molecule has 0 unspecified atom stereocenters. The van der Waals surface area contributed by atoms with Crippen molar-refractivity contribution < 1.29 is 24.4 Å². The molecule has 152 valence electrons. The highest BCUT2D eigenvalue weighted by Crippen LogP contribution is 2.19. The zero-order valence-corrected chi connectivity index (χ0v) is 16.6. The maximum absolute atomic E-state index is 11.6. The van der Waals surface area contributed by atoms with Crippen molar-refractivity contribution in [2.45, 2.75) is 110 Å². The lowest BCUT2D eigenvalue weighted by Crippen LogP contribution is -2.35. The average Bonchev–Trinajstić information content (AvgIpc) is 2.90. The second-order valence-corrected chi connectivity index (χ2v) is 7.13. The lowest BCUT2D eigenvalue weighted by molar-refractivity contribution is -0.740. The fourth-order valence-corrected chi connectivity index (χ4v) is 3.32. The Bertz CT molecular complexity index is 424. The topological polar surface area (TPSA) is 81.8 Å². The van der Waals surface area contributed by atoms with Crippen molar-refractivity contribution in [3.05, 3.63) is 5.21 Å². The normalized spacial score (nSPS) is 19.7. The van der Waals surface area contributed by atoms with Crippen LogP contribution in [0.5, 0.6) is 0 Å². The largest absolute Gasteiger partial charge is 0.458 e. The van der Waals surface area contributed by atoms with Crippen molar-refractivity contribution >= 4 is 11.7 Å². The minimum atomic E-state index is -1.20. The second kappa shape index (κ2) is 13.8. The van der Waals surface area contributed by atoms with Crippen LogP contribution >= 0.6 is 0 Å². The SMILES string of the molecule is CCCCCCCCCCCCCC[C@@H]1O[N+]([O-])=C(C(=O)OCC)[C@H]1O. The quantitative estimate of drug-likeness (QED) is 0.264. The van der Waals surface area contributed by atoms with Gasteiger partial charge < -0.3 is 14.7 Å². The number of aliphatic hydroxyl groups excluding tert-OH is 1. The number of ether oxygens (including phenoxy) is 1. The van der Waals surface area contributed by atoms with Crippen molar-refractivity contribution in [1.82, 2.24) is 0 Å². The van der Waals surface area contributed by atoms with Gasteiger partial charge in [-0.3, -0.25) is 5.21 Å². The number of rotatable bonds is 15. The van der Waals surface area contributed by atoms with E-state index in [0.717, 1.165) is 19.3 Å². The molecule has 0 aromatic carbocycles. The Balaban J connectivity index is 2.01. The number of unbranched alkanes of at least 4 members (excludes halogenated alkanes) is 11. The molecule has 26 heavy (non-hydrogen) atoms. The van der Waals surface area contributed by atoms with Gasteiger partial charge >= 0.3 is 11.7 Å². The monoisotopic (exact) mass is 371 g/mol. The van der Waals surface area contributed by atoms with Gasteiger partial charge in [-0.05, 0) is 13.3 Å². The van der Waals surface area contributed by atoms with Gasteiger partial charge in [0.25, 0.3) is 0 Å². The molecule has 0 fully saturated rings. The van der Waals surface area contributed by atoms with Crippen LogP contribution in [0.3, 0.4) is 0 Å². The van der Waals surface area contributed by atoms with Crippen molar-refractivity contribution in [3.63, 3.8) is 0 Å². The highest BCUT2D eigenvalue weighted by molar-refractivity contribution is 6.36. The minimum Gasteiger partial charge on any atom is -0.458 e. The van der Waals surface area contributed by atoms with Crippen molar-refractivity contribution in [2.75, 3.05) is 6.61 Å². The molecule has 1 aliphatic heterocycles. The number of esters is 1. The predicted octanol–water partition coefficient (Wildman–Crippen LogP) is 4.27. The minimum absolute atomic E-state index is 0.119. The van der Waals surface area contributed by atoms with E-state index in [4.69, 9.17) is 9.57 Å². The molecule has 1 heterocycles. The van der Waals surface area contributed by atoms with Crippen LogP contribution in [0, 0.1) is 5.21 Å². The first-order valence-electron chi connectivity index (χ1n) is 10.5. The fraction of sp³-hybridized carbons (Fsp3) is 0.900. The van der Waals surface area contributed by atoms with E-state index in [0.29, 0.717) is 6.42 Å². The third-order valence-corrected chi connectivity index (χ3v) is 4.89. The summed E-state index contributed by atoms with van der Waals surface area (Å²) in [5, 5.41) is 21.7. The summed E-state index contributed by atoms with van der Waals surface area (Å²) >= 11 is 0. The first-order valence-corrected chi connectivity index (χ1v) is 10.5. The summed E-state index contributed by atoms with van der Waals surface area (Å²) < 4.78 is 4.77. The molecule has 0 spiro atoms. The molecule has 0 amide bonds. The molecule has 6 heteroatoms. The Hall–Kier alpha value is -1.30. The summed E-state index contributed by atoms with van der Waals surface area (Å²) in [4.78, 5) is 16.8. The summed E-state index contributed by atoms with van der Waals surface area (Å²) in [5.41, 5.74) is -0.337. The van der Waals surface area contributed by atoms with E-state index in [1.54, 1.807) is 6.92 Å². The van der Waals surface area contributed by atoms with Crippen LogP contribution in [0.2, 0.25) is 0 Å². The summed E-state index contributed by atoms with van der Waals surface area (Å²) in [6.45, 7) is 4.06. The van der Waals surface area contributed by atoms with Crippen molar-refractivity contribution in [2.24, 2.45) is 0 Å². The predicted molar refractivity (Wildman–Crippen MR) is 102 cm³/mol. The Labute approximate surface area is 158 Å². The van der Waals surface area contributed by atoms with Crippen molar-refractivity contribution in [1.29, 1.82) is 0 Å². The molecule has 1 N–H and O–H groups in total. The van der Waals surface area contributed by atoms with Gasteiger partial charge in [0.05, 0.1) is 11.5 Å². The highest BCUT2D eigenvalue weighted by atomic mass is 16.9. The molecule has 2 atom stereocenters. The van der Waals surface area contributed by atoms with E-state index < -0.39 is 18.2 Å². The molecule has 0 aliphatic carbocycles. The second-order valence-electron chi connectivity index (χ2n) is 7.13. The molecule has 1 aliphatic rings. The number of carbonyl (C=O) groups is 1. The van der Waals surface area contributed by atoms with E-state index in [2.05, 4.69) is 6.92 Å². The molecule has 0 saturated heterocycles. The zero-order valence-electron chi connectivity index (χ0n) is 16.6. The third kappa shape index (κ3) is 8.39. The summed E-state index contributed by atoms with van der Waals surface area (Å²) in [6.07, 6.45) is 13.8. The first-order chi connectivity index (χ1) is 12.6. The highest BCUT2D eigenvalue weighted by Gasteiger charge is 2.44. The van der Waals surface area contributed by atoms with Gasteiger partial charge in [0.15, 0.2) is 6.10 Å². The maximum Gasteiger partial charge on any atom is 0.408 e. The van der Waals surface area contributed by atoms with Gasteiger partial charge in [-0.25, -0.2) is 4.79 Å². The van der Waals surface area contributed by atoms with Gasteiger partial charge in [-0.1, -0.05) is 84.0 Å². The molecular weight excluding hydrogens is 334 g/mol. The van der Waals surface area contributed by atoms with Crippen LogP contribution in [0.15, 0.2) is 0 Å².